The minimum Gasteiger partial charge on any atom is -0.493 e. The number of hydrogen-bond acceptors (Lipinski definition) is 3. The van der Waals surface area contributed by atoms with Crippen molar-refractivity contribution in [3.05, 3.63) is 48.0 Å². The summed E-state index contributed by atoms with van der Waals surface area (Å²) in [5.74, 6) is 0.847. The van der Waals surface area contributed by atoms with E-state index in [-0.39, 0.29) is 11.7 Å². The van der Waals surface area contributed by atoms with Crippen LogP contribution < -0.4 is 4.74 Å². The quantitative estimate of drug-likeness (QED) is 0.828. The second kappa shape index (κ2) is 7.95. The molecule has 24 heavy (non-hydrogen) atoms. The van der Waals surface area contributed by atoms with Crippen molar-refractivity contribution in [2.75, 3.05) is 19.7 Å². The number of halogens is 1. The maximum Gasteiger partial charge on any atom is 0.222 e. The fourth-order valence-corrected chi connectivity index (χ4v) is 3.07. The molecule has 1 aliphatic heterocycles. The first-order chi connectivity index (χ1) is 11.7. The van der Waals surface area contributed by atoms with Gasteiger partial charge >= 0.3 is 0 Å². The summed E-state index contributed by atoms with van der Waals surface area (Å²) in [5, 5.41) is 6.83. The van der Waals surface area contributed by atoms with Crippen LogP contribution in [0.3, 0.4) is 0 Å². The van der Waals surface area contributed by atoms with Crippen LogP contribution in [0.2, 0.25) is 0 Å². The van der Waals surface area contributed by atoms with Gasteiger partial charge in [0, 0.05) is 31.8 Å². The van der Waals surface area contributed by atoms with Gasteiger partial charge in [0.05, 0.1) is 12.8 Å². The summed E-state index contributed by atoms with van der Waals surface area (Å²) in [7, 11) is 0. The molecule has 0 spiro atoms. The van der Waals surface area contributed by atoms with Gasteiger partial charge in [-0.15, -0.1) is 0 Å². The maximum absolute atomic E-state index is 13.0. The number of nitrogens with one attached hydrogen (secondary N) is 1. The molecule has 1 amide bonds. The highest BCUT2D eigenvalue weighted by molar-refractivity contribution is 5.76. The number of hydrogen-bond donors (Lipinski definition) is 1. The Balaban J connectivity index is 1.35. The van der Waals surface area contributed by atoms with E-state index in [0.29, 0.717) is 31.1 Å². The van der Waals surface area contributed by atoms with Gasteiger partial charge in [-0.3, -0.25) is 9.89 Å². The van der Waals surface area contributed by atoms with Crippen molar-refractivity contribution in [2.24, 2.45) is 0 Å². The van der Waals surface area contributed by atoms with Crippen LogP contribution in [-0.4, -0.2) is 40.7 Å². The van der Waals surface area contributed by atoms with E-state index < -0.39 is 0 Å². The second-order valence-electron chi connectivity index (χ2n) is 6.10. The molecule has 5 nitrogen and oxygen atoms in total. The van der Waals surface area contributed by atoms with Crippen molar-refractivity contribution in [3.8, 4) is 5.75 Å². The molecule has 1 N–H and O–H groups in total. The number of carbonyl (C=O) groups is 1. The van der Waals surface area contributed by atoms with Gasteiger partial charge in [-0.05, 0) is 42.9 Å². The topological polar surface area (TPSA) is 58.2 Å². The molecule has 1 aromatic carbocycles. The standard InChI is InChI=1S/C18H22FN3O2/c19-16-3-1-4-17(11-16)24-10-2-5-18(23)22-8-6-14(7-9-22)15-12-20-21-13-15/h1,3-4,11-14H,2,5-10H2,(H,20,21). The number of likely N-dealkylation sites (tertiary alicyclic amines) is 1. The van der Waals surface area contributed by atoms with Crippen molar-refractivity contribution < 1.29 is 13.9 Å². The third-order valence-electron chi connectivity index (χ3n) is 4.44. The molecule has 0 atom stereocenters. The largest absolute Gasteiger partial charge is 0.493 e. The summed E-state index contributed by atoms with van der Waals surface area (Å²) < 4.78 is 18.5. The zero-order chi connectivity index (χ0) is 16.8. The predicted molar refractivity (Wildman–Crippen MR) is 88.3 cm³/mol. The fourth-order valence-electron chi connectivity index (χ4n) is 3.07. The van der Waals surface area contributed by atoms with Gasteiger partial charge in [0.1, 0.15) is 11.6 Å². The molecule has 1 aromatic heterocycles. The van der Waals surface area contributed by atoms with Crippen LogP contribution in [0.5, 0.6) is 5.75 Å². The smallest absolute Gasteiger partial charge is 0.222 e. The van der Waals surface area contributed by atoms with E-state index in [9.17, 15) is 9.18 Å². The Hall–Kier alpha value is -2.37. The van der Waals surface area contributed by atoms with Crippen LogP contribution in [0.15, 0.2) is 36.7 Å². The highest BCUT2D eigenvalue weighted by atomic mass is 19.1. The average Bonchev–Trinajstić information content (AvgIpc) is 3.13. The maximum atomic E-state index is 13.0. The molecule has 1 fully saturated rings. The molecule has 1 aliphatic rings. The molecule has 2 heterocycles. The molecule has 0 unspecified atom stereocenters. The van der Waals surface area contributed by atoms with Gasteiger partial charge in [0.2, 0.25) is 5.91 Å². The minimum atomic E-state index is -0.316. The molecule has 0 bridgehead atoms. The molecule has 0 radical (unpaired) electrons. The molecular formula is C18H22FN3O2. The zero-order valence-corrected chi connectivity index (χ0v) is 13.6. The monoisotopic (exact) mass is 331 g/mol. The summed E-state index contributed by atoms with van der Waals surface area (Å²) >= 11 is 0. The number of piperidine rings is 1. The van der Waals surface area contributed by atoms with E-state index in [1.165, 1.54) is 17.7 Å². The molecule has 128 valence electrons. The first-order valence-electron chi connectivity index (χ1n) is 8.37. The van der Waals surface area contributed by atoms with Crippen LogP contribution in [0.1, 0.15) is 37.2 Å². The Bertz CT molecular complexity index is 652. The van der Waals surface area contributed by atoms with E-state index >= 15 is 0 Å². The van der Waals surface area contributed by atoms with Crippen molar-refractivity contribution in [2.45, 2.75) is 31.6 Å². The van der Waals surface area contributed by atoms with Gasteiger partial charge in [0.25, 0.3) is 0 Å². The number of carbonyl (C=O) groups excluding carboxylic acids is 1. The van der Waals surface area contributed by atoms with Crippen LogP contribution in [-0.2, 0) is 4.79 Å². The number of benzene rings is 1. The van der Waals surface area contributed by atoms with E-state index in [1.54, 1.807) is 12.1 Å². The first kappa shape index (κ1) is 16.5. The molecule has 3 rings (SSSR count). The number of rotatable bonds is 6. The summed E-state index contributed by atoms with van der Waals surface area (Å²) in [4.78, 5) is 14.2. The zero-order valence-electron chi connectivity index (χ0n) is 13.6. The lowest BCUT2D eigenvalue weighted by Gasteiger charge is -2.31. The van der Waals surface area contributed by atoms with Crippen molar-refractivity contribution in [1.82, 2.24) is 15.1 Å². The summed E-state index contributed by atoms with van der Waals surface area (Å²) in [6.07, 6.45) is 6.86. The molecular weight excluding hydrogens is 309 g/mol. The minimum absolute atomic E-state index is 0.170. The van der Waals surface area contributed by atoms with Crippen LogP contribution in [0.25, 0.3) is 0 Å². The lowest BCUT2D eigenvalue weighted by molar-refractivity contribution is -0.132. The van der Waals surface area contributed by atoms with Crippen LogP contribution in [0, 0.1) is 5.82 Å². The molecule has 1 saturated heterocycles. The molecule has 6 heteroatoms. The predicted octanol–water partition coefficient (Wildman–Crippen LogP) is 3.11. The van der Waals surface area contributed by atoms with E-state index in [4.69, 9.17) is 4.74 Å². The number of nitrogens with zero attached hydrogens (tertiary/aromatic N) is 2. The number of aromatic nitrogens is 2. The lowest BCUT2D eigenvalue weighted by atomic mass is 9.91. The van der Waals surface area contributed by atoms with Gasteiger partial charge in [-0.1, -0.05) is 6.07 Å². The number of aromatic amines is 1. The van der Waals surface area contributed by atoms with Crippen molar-refractivity contribution in [1.29, 1.82) is 0 Å². The Kier molecular flexibility index (Phi) is 5.46. The molecule has 2 aromatic rings. The molecule has 0 aliphatic carbocycles. The van der Waals surface area contributed by atoms with Gasteiger partial charge in [-0.25, -0.2) is 4.39 Å². The third kappa shape index (κ3) is 4.34. The Morgan fingerprint density at radius 1 is 1.38 bits per heavy atom. The first-order valence-corrected chi connectivity index (χ1v) is 8.37. The summed E-state index contributed by atoms with van der Waals surface area (Å²) in [6, 6.07) is 6.05. The fraction of sp³-hybridized carbons (Fsp3) is 0.444. The number of H-pyrrole nitrogens is 1. The van der Waals surface area contributed by atoms with Crippen LogP contribution in [0.4, 0.5) is 4.39 Å². The van der Waals surface area contributed by atoms with Gasteiger partial charge in [0.15, 0.2) is 0 Å². The van der Waals surface area contributed by atoms with Crippen molar-refractivity contribution in [3.63, 3.8) is 0 Å². The third-order valence-corrected chi connectivity index (χ3v) is 4.44. The lowest BCUT2D eigenvalue weighted by Crippen LogP contribution is -2.37. The normalized spacial score (nSPS) is 15.5. The summed E-state index contributed by atoms with van der Waals surface area (Å²) in [6.45, 7) is 2.00. The number of ether oxygens (including phenoxy) is 1. The van der Waals surface area contributed by atoms with Crippen LogP contribution >= 0.6 is 0 Å². The number of amides is 1. The second-order valence-corrected chi connectivity index (χ2v) is 6.10. The highest BCUT2D eigenvalue weighted by Gasteiger charge is 2.23. The Labute approximate surface area is 140 Å². The highest BCUT2D eigenvalue weighted by Crippen LogP contribution is 2.27. The Morgan fingerprint density at radius 2 is 2.21 bits per heavy atom. The van der Waals surface area contributed by atoms with Gasteiger partial charge < -0.3 is 9.64 Å². The van der Waals surface area contributed by atoms with E-state index in [0.717, 1.165) is 25.9 Å². The Morgan fingerprint density at radius 3 is 2.92 bits per heavy atom. The van der Waals surface area contributed by atoms with Gasteiger partial charge in [-0.2, -0.15) is 5.10 Å². The SMILES string of the molecule is O=C(CCCOc1cccc(F)c1)N1CCC(c2cn[nH]c2)CC1. The van der Waals surface area contributed by atoms with E-state index in [2.05, 4.69) is 10.2 Å². The van der Waals surface area contributed by atoms with E-state index in [1.807, 2.05) is 17.3 Å². The summed E-state index contributed by atoms with van der Waals surface area (Å²) in [5.41, 5.74) is 1.23. The average molecular weight is 331 g/mol. The van der Waals surface area contributed by atoms with Crippen molar-refractivity contribution >= 4 is 5.91 Å². The molecule has 0 saturated carbocycles.